The van der Waals surface area contributed by atoms with Crippen LogP contribution in [0.25, 0.3) is 0 Å². The first-order valence-corrected chi connectivity index (χ1v) is 10.6. The summed E-state index contributed by atoms with van der Waals surface area (Å²) in [7, 11) is 0. The predicted molar refractivity (Wildman–Crippen MR) is 120 cm³/mol. The fourth-order valence-electron chi connectivity index (χ4n) is 3.68. The van der Waals surface area contributed by atoms with Crippen molar-refractivity contribution in [1.82, 2.24) is 4.90 Å². The molecular weight excluding hydrogens is 416 g/mol. The third kappa shape index (κ3) is 6.40. The fraction of sp³-hybridized carbons (Fsp3) is 0.391. The summed E-state index contributed by atoms with van der Waals surface area (Å²) in [5.74, 6) is -0.441. The molecule has 7 nitrogen and oxygen atoms in total. The van der Waals surface area contributed by atoms with Crippen molar-refractivity contribution in [2.24, 2.45) is 17.4 Å². The molecule has 2 aromatic carbocycles. The normalized spacial score (nSPS) is 14.8. The highest BCUT2D eigenvalue weighted by Crippen LogP contribution is 2.22. The van der Waals surface area contributed by atoms with Crippen molar-refractivity contribution in [2.75, 3.05) is 32.8 Å². The van der Waals surface area contributed by atoms with Crippen LogP contribution in [0.2, 0.25) is 0 Å². The van der Waals surface area contributed by atoms with E-state index in [9.17, 15) is 8.78 Å². The number of nitrogens with zero attached hydrogens (tertiary/aromatic N) is 1. The molecule has 0 bridgehead atoms. The lowest BCUT2D eigenvalue weighted by Crippen LogP contribution is -2.36. The lowest BCUT2D eigenvalue weighted by atomic mass is 9.97. The van der Waals surface area contributed by atoms with Gasteiger partial charge in [-0.1, -0.05) is 0 Å². The smallest absolute Gasteiger partial charge is 0.137 e. The van der Waals surface area contributed by atoms with Gasteiger partial charge in [-0.3, -0.25) is 10.8 Å². The number of rotatable bonds is 10. The molecule has 6 N–H and O–H groups in total. The Balaban J connectivity index is 1.33. The quantitative estimate of drug-likeness (QED) is 0.254. The SMILES string of the molecule is N=C(N)c1ccc(OCCCN2CCC(COc3ccc(C(=N)N)c(F)c3)CC2)cc1F. The Bertz CT molecular complexity index is 961. The van der Waals surface area contributed by atoms with Crippen LogP contribution in [-0.4, -0.2) is 49.4 Å². The Kier molecular flexibility index (Phi) is 7.99. The zero-order chi connectivity index (χ0) is 23.1. The van der Waals surface area contributed by atoms with Crippen LogP contribution in [0.15, 0.2) is 36.4 Å². The number of piperidine rings is 1. The van der Waals surface area contributed by atoms with Crippen LogP contribution in [0, 0.1) is 28.4 Å². The van der Waals surface area contributed by atoms with Gasteiger partial charge in [-0.05, 0) is 62.5 Å². The number of benzene rings is 2. The Hall–Kier alpha value is -3.20. The predicted octanol–water partition coefficient (Wildman–Crippen LogP) is 3.09. The van der Waals surface area contributed by atoms with E-state index in [1.54, 1.807) is 12.1 Å². The van der Waals surface area contributed by atoms with Crippen LogP contribution in [0.5, 0.6) is 11.5 Å². The minimum absolute atomic E-state index is 0.0717. The minimum Gasteiger partial charge on any atom is -0.493 e. The van der Waals surface area contributed by atoms with E-state index < -0.39 is 11.6 Å². The summed E-state index contributed by atoms with van der Waals surface area (Å²) in [5, 5.41) is 14.6. The molecule has 2 aromatic rings. The Morgan fingerprint density at radius 2 is 1.44 bits per heavy atom. The van der Waals surface area contributed by atoms with Gasteiger partial charge >= 0.3 is 0 Å². The largest absolute Gasteiger partial charge is 0.493 e. The van der Waals surface area contributed by atoms with Gasteiger partial charge in [0.15, 0.2) is 0 Å². The fourth-order valence-corrected chi connectivity index (χ4v) is 3.68. The van der Waals surface area contributed by atoms with E-state index in [-0.39, 0.29) is 22.8 Å². The average Bonchev–Trinajstić information content (AvgIpc) is 2.75. The van der Waals surface area contributed by atoms with Crippen molar-refractivity contribution in [1.29, 1.82) is 10.8 Å². The second-order valence-electron chi connectivity index (χ2n) is 7.91. The maximum Gasteiger partial charge on any atom is 0.137 e. The van der Waals surface area contributed by atoms with Gasteiger partial charge in [-0.2, -0.15) is 0 Å². The van der Waals surface area contributed by atoms with Crippen molar-refractivity contribution in [3.8, 4) is 11.5 Å². The van der Waals surface area contributed by atoms with E-state index in [2.05, 4.69) is 4.90 Å². The van der Waals surface area contributed by atoms with Crippen molar-refractivity contribution >= 4 is 11.7 Å². The average molecular weight is 446 g/mol. The third-order valence-electron chi connectivity index (χ3n) is 5.54. The van der Waals surface area contributed by atoms with Gasteiger partial charge < -0.3 is 25.8 Å². The second kappa shape index (κ2) is 10.9. The van der Waals surface area contributed by atoms with Crippen molar-refractivity contribution < 1.29 is 18.3 Å². The van der Waals surface area contributed by atoms with E-state index in [1.165, 1.54) is 24.3 Å². The highest BCUT2D eigenvalue weighted by Gasteiger charge is 2.20. The highest BCUT2D eigenvalue weighted by atomic mass is 19.1. The summed E-state index contributed by atoms with van der Waals surface area (Å²) in [6.45, 7) is 3.79. The van der Waals surface area contributed by atoms with Gasteiger partial charge in [0.25, 0.3) is 0 Å². The molecule has 1 fully saturated rings. The molecule has 0 saturated carbocycles. The summed E-state index contributed by atoms with van der Waals surface area (Å²) >= 11 is 0. The molecule has 0 spiro atoms. The lowest BCUT2D eigenvalue weighted by molar-refractivity contribution is 0.135. The second-order valence-corrected chi connectivity index (χ2v) is 7.91. The van der Waals surface area contributed by atoms with Gasteiger partial charge in [0.2, 0.25) is 0 Å². The summed E-state index contributed by atoms with van der Waals surface area (Å²) < 4.78 is 39.1. The van der Waals surface area contributed by atoms with Gasteiger partial charge in [-0.15, -0.1) is 0 Å². The van der Waals surface area contributed by atoms with E-state index in [0.29, 0.717) is 30.6 Å². The zero-order valence-corrected chi connectivity index (χ0v) is 17.9. The Labute approximate surface area is 186 Å². The molecule has 3 rings (SSSR count). The van der Waals surface area contributed by atoms with Crippen LogP contribution < -0.4 is 20.9 Å². The molecule has 172 valence electrons. The van der Waals surface area contributed by atoms with Crippen LogP contribution >= 0.6 is 0 Å². The minimum atomic E-state index is -0.558. The standard InChI is InChI=1S/C23H29F2N5O2/c24-20-12-16(2-4-18(20)22(26)27)31-11-1-8-30-9-6-15(7-10-30)14-32-17-3-5-19(23(28)29)21(25)13-17/h2-5,12-13,15H,1,6-11,14H2,(H3,26,27)(H3,28,29). The number of hydrogen-bond donors (Lipinski definition) is 4. The molecule has 0 unspecified atom stereocenters. The molecule has 0 amide bonds. The van der Waals surface area contributed by atoms with E-state index in [1.807, 2.05) is 0 Å². The maximum atomic E-state index is 13.9. The van der Waals surface area contributed by atoms with Gasteiger partial charge in [0.05, 0.1) is 24.3 Å². The molecule has 1 aliphatic rings. The van der Waals surface area contributed by atoms with E-state index in [0.717, 1.165) is 38.9 Å². The Morgan fingerprint density at radius 1 is 0.906 bits per heavy atom. The maximum absolute atomic E-state index is 13.9. The summed E-state index contributed by atoms with van der Waals surface area (Å²) in [6.07, 6.45) is 2.80. The first kappa shape index (κ1) is 23.5. The monoisotopic (exact) mass is 445 g/mol. The van der Waals surface area contributed by atoms with Gasteiger partial charge in [-0.25, -0.2) is 8.78 Å². The third-order valence-corrected chi connectivity index (χ3v) is 5.54. The van der Waals surface area contributed by atoms with Crippen LogP contribution in [-0.2, 0) is 0 Å². The van der Waals surface area contributed by atoms with Crippen LogP contribution in [0.4, 0.5) is 8.78 Å². The number of nitrogen functional groups attached to an aromatic ring is 2. The number of likely N-dealkylation sites (tertiary alicyclic amines) is 1. The summed E-state index contributed by atoms with van der Waals surface area (Å²) in [4.78, 5) is 2.36. The van der Waals surface area contributed by atoms with Crippen molar-refractivity contribution in [2.45, 2.75) is 19.3 Å². The first-order valence-electron chi connectivity index (χ1n) is 10.6. The van der Waals surface area contributed by atoms with Gasteiger partial charge in [0, 0.05) is 18.7 Å². The highest BCUT2D eigenvalue weighted by molar-refractivity contribution is 5.95. The van der Waals surface area contributed by atoms with Crippen LogP contribution in [0.3, 0.4) is 0 Å². The number of ether oxygens (including phenoxy) is 2. The van der Waals surface area contributed by atoms with Crippen LogP contribution in [0.1, 0.15) is 30.4 Å². The summed E-state index contributed by atoms with van der Waals surface area (Å²) in [6, 6.07) is 8.68. The molecule has 0 aromatic heterocycles. The Morgan fingerprint density at radius 3 is 1.94 bits per heavy atom. The van der Waals surface area contributed by atoms with Crippen molar-refractivity contribution in [3.63, 3.8) is 0 Å². The van der Waals surface area contributed by atoms with Gasteiger partial charge in [0.1, 0.15) is 34.8 Å². The molecule has 0 radical (unpaired) electrons. The zero-order valence-electron chi connectivity index (χ0n) is 17.9. The first-order chi connectivity index (χ1) is 15.3. The molecule has 9 heteroatoms. The molecule has 1 heterocycles. The number of hydrogen-bond acceptors (Lipinski definition) is 5. The molecule has 0 atom stereocenters. The molecule has 1 saturated heterocycles. The number of amidine groups is 2. The number of nitrogens with two attached hydrogens (primary N) is 2. The molecular formula is C23H29F2N5O2. The summed E-state index contributed by atoms with van der Waals surface area (Å²) in [5.41, 5.74) is 10.8. The molecule has 0 aliphatic carbocycles. The topological polar surface area (TPSA) is 121 Å². The van der Waals surface area contributed by atoms with E-state index >= 15 is 0 Å². The number of halogens is 2. The number of nitrogens with one attached hydrogen (secondary N) is 2. The lowest BCUT2D eigenvalue weighted by Gasteiger charge is -2.31. The van der Waals surface area contributed by atoms with Crippen molar-refractivity contribution in [3.05, 3.63) is 59.2 Å². The molecule has 1 aliphatic heterocycles. The van der Waals surface area contributed by atoms with E-state index in [4.69, 9.17) is 31.8 Å². The molecule has 32 heavy (non-hydrogen) atoms.